The van der Waals surface area contributed by atoms with Gasteiger partial charge in [-0.1, -0.05) is 19.1 Å². The van der Waals surface area contributed by atoms with Crippen molar-refractivity contribution in [3.05, 3.63) is 29.3 Å². The van der Waals surface area contributed by atoms with E-state index < -0.39 is 5.97 Å². The van der Waals surface area contributed by atoms with Crippen molar-refractivity contribution in [1.29, 1.82) is 0 Å². The van der Waals surface area contributed by atoms with Crippen LogP contribution in [-0.2, 0) is 17.6 Å². The van der Waals surface area contributed by atoms with Crippen LogP contribution in [0, 0.1) is 5.92 Å². The van der Waals surface area contributed by atoms with Crippen LogP contribution >= 0.6 is 0 Å². The van der Waals surface area contributed by atoms with Crippen molar-refractivity contribution < 1.29 is 14.6 Å². The van der Waals surface area contributed by atoms with Crippen LogP contribution in [0.3, 0.4) is 0 Å². The van der Waals surface area contributed by atoms with E-state index in [1.807, 2.05) is 12.1 Å². The van der Waals surface area contributed by atoms with Gasteiger partial charge in [0.2, 0.25) is 0 Å². The number of aryl methyl sites for hydroxylation is 1. The third kappa shape index (κ3) is 2.35. The largest absolute Gasteiger partial charge is 0.482 e. The molecule has 1 aromatic rings. The Balaban J connectivity index is 2.21. The maximum Gasteiger partial charge on any atom is 0.341 e. The van der Waals surface area contributed by atoms with Crippen LogP contribution in [0.5, 0.6) is 5.75 Å². The summed E-state index contributed by atoms with van der Waals surface area (Å²) < 4.78 is 5.31. The fraction of sp³-hybridized carbons (Fsp3) is 0.462. The maximum absolute atomic E-state index is 10.5. The van der Waals surface area contributed by atoms with Crippen LogP contribution in [0.2, 0.25) is 0 Å². The molecule has 0 aromatic heterocycles. The molecular weight excluding hydrogens is 204 g/mol. The zero-order valence-electron chi connectivity index (χ0n) is 9.40. The fourth-order valence-electron chi connectivity index (χ4n) is 2.20. The first-order valence-electron chi connectivity index (χ1n) is 5.62. The zero-order valence-corrected chi connectivity index (χ0v) is 9.40. The van der Waals surface area contributed by atoms with Gasteiger partial charge >= 0.3 is 5.97 Å². The van der Waals surface area contributed by atoms with Gasteiger partial charge in [0.15, 0.2) is 6.61 Å². The van der Waals surface area contributed by atoms with E-state index in [-0.39, 0.29) is 6.61 Å². The lowest BCUT2D eigenvalue weighted by atomic mass is 9.84. The molecule has 0 spiro atoms. The predicted molar refractivity (Wildman–Crippen MR) is 60.8 cm³/mol. The number of rotatable bonds is 3. The predicted octanol–water partition coefficient (Wildman–Crippen LogP) is 2.27. The van der Waals surface area contributed by atoms with E-state index >= 15 is 0 Å². The molecule has 1 atom stereocenters. The van der Waals surface area contributed by atoms with Crippen molar-refractivity contribution in [2.45, 2.75) is 26.2 Å². The Labute approximate surface area is 95.0 Å². The highest BCUT2D eigenvalue weighted by atomic mass is 16.5. The molecule has 3 heteroatoms. The smallest absolute Gasteiger partial charge is 0.341 e. The number of carboxylic acid groups (broad SMARTS) is 1. The van der Waals surface area contributed by atoms with E-state index in [0.717, 1.165) is 18.6 Å². The Bertz CT molecular complexity index is 398. The van der Waals surface area contributed by atoms with E-state index in [1.165, 1.54) is 17.5 Å². The Morgan fingerprint density at radius 3 is 3.12 bits per heavy atom. The summed E-state index contributed by atoms with van der Waals surface area (Å²) in [6, 6.07) is 5.90. The van der Waals surface area contributed by atoms with Crippen LogP contribution in [0.15, 0.2) is 18.2 Å². The number of benzene rings is 1. The number of fused-ring (bicyclic) bond motifs is 1. The summed E-state index contributed by atoms with van der Waals surface area (Å²) in [4.78, 5) is 10.5. The molecule has 3 nitrogen and oxygen atoms in total. The monoisotopic (exact) mass is 220 g/mol. The molecule has 0 radical (unpaired) electrons. The summed E-state index contributed by atoms with van der Waals surface area (Å²) in [5.74, 6) is 0.468. The van der Waals surface area contributed by atoms with Gasteiger partial charge in [0.05, 0.1) is 0 Å². The van der Waals surface area contributed by atoms with Gasteiger partial charge in [0, 0.05) is 0 Å². The number of aliphatic carboxylic acids is 1. The second-order valence-corrected chi connectivity index (χ2v) is 4.42. The van der Waals surface area contributed by atoms with Crippen molar-refractivity contribution in [2.75, 3.05) is 6.61 Å². The molecule has 0 fully saturated rings. The first-order chi connectivity index (χ1) is 7.66. The minimum Gasteiger partial charge on any atom is -0.482 e. The molecule has 0 saturated heterocycles. The number of hydrogen-bond donors (Lipinski definition) is 1. The zero-order chi connectivity index (χ0) is 11.5. The molecule has 1 N–H and O–H groups in total. The maximum atomic E-state index is 10.5. The average molecular weight is 220 g/mol. The molecule has 0 saturated carbocycles. The molecule has 0 bridgehead atoms. The van der Waals surface area contributed by atoms with Gasteiger partial charge in [0.25, 0.3) is 0 Å². The number of carboxylic acids is 1. The first kappa shape index (κ1) is 11.0. The lowest BCUT2D eigenvalue weighted by Gasteiger charge is -2.23. The van der Waals surface area contributed by atoms with Gasteiger partial charge in [-0.05, 0) is 42.4 Å². The van der Waals surface area contributed by atoms with Crippen LogP contribution in [0.1, 0.15) is 24.5 Å². The molecule has 0 amide bonds. The molecule has 0 unspecified atom stereocenters. The summed E-state index contributed by atoms with van der Waals surface area (Å²) in [7, 11) is 0. The van der Waals surface area contributed by atoms with Gasteiger partial charge < -0.3 is 9.84 Å². The quantitative estimate of drug-likeness (QED) is 0.850. The lowest BCUT2D eigenvalue weighted by molar-refractivity contribution is -0.139. The number of ether oxygens (including phenoxy) is 1. The van der Waals surface area contributed by atoms with E-state index in [0.29, 0.717) is 5.92 Å². The number of carbonyl (C=O) groups is 1. The Morgan fingerprint density at radius 1 is 1.56 bits per heavy atom. The second kappa shape index (κ2) is 4.56. The highest BCUT2D eigenvalue weighted by Crippen LogP contribution is 2.32. The first-order valence-corrected chi connectivity index (χ1v) is 5.62. The minimum absolute atomic E-state index is 0.259. The molecular formula is C13H16O3. The summed E-state index contributed by atoms with van der Waals surface area (Å²) >= 11 is 0. The molecule has 1 aliphatic rings. The Morgan fingerprint density at radius 2 is 2.38 bits per heavy atom. The summed E-state index contributed by atoms with van der Waals surface area (Å²) in [5, 5.41) is 8.61. The van der Waals surface area contributed by atoms with Crippen molar-refractivity contribution in [3.8, 4) is 5.75 Å². The molecule has 1 aromatic carbocycles. The lowest BCUT2D eigenvalue weighted by Crippen LogP contribution is -2.15. The SMILES string of the molecule is C[C@H]1CCc2cccc(OCC(=O)O)c2C1. The second-order valence-electron chi connectivity index (χ2n) is 4.42. The summed E-state index contributed by atoms with van der Waals surface area (Å²) in [6.45, 7) is 1.96. The van der Waals surface area contributed by atoms with Crippen LogP contribution in [0.25, 0.3) is 0 Å². The van der Waals surface area contributed by atoms with Gasteiger partial charge in [0.1, 0.15) is 5.75 Å². The highest BCUT2D eigenvalue weighted by Gasteiger charge is 2.18. The summed E-state index contributed by atoms with van der Waals surface area (Å²) in [5.41, 5.74) is 2.50. The van der Waals surface area contributed by atoms with Crippen molar-refractivity contribution in [2.24, 2.45) is 5.92 Å². The Hall–Kier alpha value is -1.51. The van der Waals surface area contributed by atoms with E-state index in [1.54, 1.807) is 0 Å². The number of hydrogen-bond acceptors (Lipinski definition) is 2. The van der Waals surface area contributed by atoms with Crippen molar-refractivity contribution in [1.82, 2.24) is 0 Å². The van der Waals surface area contributed by atoms with E-state index in [9.17, 15) is 4.79 Å². The van der Waals surface area contributed by atoms with Crippen LogP contribution < -0.4 is 4.74 Å². The third-order valence-corrected chi connectivity index (χ3v) is 3.04. The topological polar surface area (TPSA) is 46.5 Å². The molecule has 1 aliphatic carbocycles. The third-order valence-electron chi connectivity index (χ3n) is 3.04. The van der Waals surface area contributed by atoms with Gasteiger partial charge in [-0.2, -0.15) is 0 Å². The van der Waals surface area contributed by atoms with E-state index in [4.69, 9.17) is 9.84 Å². The summed E-state index contributed by atoms with van der Waals surface area (Å²) in [6.07, 6.45) is 3.27. The molecule has 86 valence electrons. The Kier molecular flexibility index (Phi) is 3.13. The van der Waals surface area contributed by atoms with Crippen LogP contribution in [-0.4, -0.2) is 17.7 Å². The standard InChI is InChI=1S/C13H16O3/c1-9-5-6-10-3-2-4-12(11(10)7-9)16-8-13(14)15/h2-4,9H,5-8H2,1H3,(H,14,15)/t9-/m0/s1. The fourth-order valence-corrected chi connectivity index (χ4v) is 2.20. The van der Waals surface area contributed by atoms with Crippen LogP contribution in [0.4, 0.5) is 0 Å². The highest BCUT2D eigenvalue weighted by molar-refractivity contribution is 5.68. The molecule has 16 heavy (non-hydrogen) atoms. The van der Waals surface area contributed by atoms with Gasteiger partial charge in [-0.15, -0.1) is 0 Å². The molecule has 2 rings (SSSR count). The van der Waals surface area contributed by atoms with E-state index in [2.05, 4.69) is 13.0 Å². The minimum atomic E-state index is -0.929. The average Bonchev–Trinajstić information content (AvgIpc) is 2.26. The molecule has 0 aliphatic heterocycles. The van der Waals surface area contributed by atoms with Crippen molar-refractivity contribution in [3.63, 3.8) is 0 Å². The normalized spacial score (nSPS) is 18.9. The van der Waals surface area contributed by atoms with Crippen molar-refractivity contribution >= 4 is 5.97 Å². The van der Waals surface area contributed by atoms with Gasteiger partial charge in [-0.25, -0.2) is 4.79 Å². The molecule has 0 heterocycles. The van der Waals surface area contributed by atoms with Gasteiger partial charge in [-0.3, -0.25) is 0 Å².